The zero-order valence-corrected chi connectivity index (χ0v) is 15.7. The second-order valence-electron chi connectivity index (χ2n) is 6.28. The fraction of sp³-hybridized carbons (Fsp3) is 0.211. The topological polar surface area (TPSA) is 45.3 Å². The number of nitrogens with one attached hydrogen (secondary N) is 1. The van der Waals surface area contributed by atoms with Crippen molar-refractivity contribution < 1.29 is 22.7 Å². The van der Waals surface area contributed by atoms with Gasteiger partial charge in [-0.1, -0.05) is 15.9 Å². The van der Waals surface area contributed by atoms with Crippen LogP contribution in [-0.2, 0) is 12.6 Å². The lowest BCUT2D eigenvalue weighted by molar-refractivity contribution is -0.138. The van der Waals surface area contributed by atoms with Gasteiger partial charge in [0.25, 0.3) is 5.91 Å². The second-order valence-corrected chi connectivity index (χ2v) is 7.19. The first-order valence-electron chi connectivity index (χ1n) is 8.16. The summed E-state index contributed by atoms with van der Waals surface area (Å²) in [4.78, 5) is 17.5. The molecule has 3 aromatic rings. The Morgan fingerprint density at radius 1 is 1.26 bits per heavy atom. The molecule has 1 aliphatic rings. The van der Waals surface area contributed by atoms with Crippen LogP contribution in [0.25, 0.3) is 10.9 Å². The molecule has 27 heavy (non-hydrogen) atoms. The molecule has 0 atom stereocenters. The van der Waals surface area contributed by atoms with Gasteiger partial charge in [-0.05, 0) is 42.3 Å². The molecule has 0 saturated carbocycles. The van der Waals surface area contributed by atoms with Crippen molar-refractivity contribution in [1.82, 2.24) is 4.98 Å². The number of alkyl halides is 3. The summed E-state index contributed by atoms with van der Waals surface area (Å²) in [7, 11) is 1.21. The molecular formula is C19H14BrF3N2O2. The van der Waals surface area contributed by atoms with Crippen LogP contribution in [0.3, 0.4) is 0 Å². The number of halogens is 4. The number of H-pyrrole nitrogens is 1. The van der Waals surface area contributed by atoms with Crippen LogP contribution in [0.15, 0.2) is 41.0 Å². The van der Waals surface area contributed by atoms with Crippen LogP contribution in [0.5, 0.6) is 5.75 Å². The van der Waals surface area contributed by atoms with Gasteiger partial charge in [0.2, 0.25) is 0 Å². The summed E-state index contributed by atoms with van der Waals surface area (Å²) >= 11 is 3.38. The summed E-state index contributed by atoms with van der Waals surface area (Å²) in [5.74, 6) is -0.567. The molecule has 2 aromatic carbocycles. The second kappa shape index (κ2) is 6.30. The summed E-state index contributed by atoms with van der Waals surface area (Å²) in [6.45, 7) is 0.319. The normalized spacial score (nSPS) is 13.9. The monoisotopic (exact) mass is 438 g/mol. The first kappa shape index (κ1) is 17.9. The number of anilines is 1. The summed E-state index contributed by atoms with van der Waals surface area (Å²) in [6, 6.07) is 7.87. The molecule has 8 heteroatoms. The molecule has 0 fully saturated rings. The van der Waals surface area contributed by atoms with Gasteiger partial charge in [0.1, 0.15) is 5.75 Å². The van der Waals surface area contributed by atoms with E-state index < -0.39 is 11.7 Å². The molecule has 0 bridgehead atoms. The summed E-state index contributed by atoms with van der Waals surface area (Å²) in [5, 5.41) is 0.715. The largest absolute Gasteiger partial charge is 0.496 e. The van der Waals surface area contributed by atoms with Crippen molar-refractivity contribution in [2.75, 3.05) is 18.6 Å². The maximum absolute atomic E-state index is 13.4. The molecule has 0 radical (unpaired) electrons. The maximum Gasteiger partial charge on any atom is 0.420 e. The standard InChI is InChI=1S/C19H14BrF3N2O2/c1-27-17-6-10-4-5-25(16(10)8-14(17)19(21,22)23)18(26)13-9-24-15-3-2-11(20)7-12(13)15/h2-3,6-9,24H,4-5H2,1H3. The number of nitrogens with zero attached hydrogens (tertiary/aromatic N) is 1. The first-order valence-corrected chi connectivity index (χ1v) is 8.95. The van der Waals surface area contributed by atoms with E-state index in [0.717, 1.165) is 16.1 Å². The zero-order valence-electron chi connectivity index (χ0n) is 14.2. The highest BCUT2D eigenvalue weighted by Crippen LogP contribution is 2.42. The van der Waals surface area contributed by atoms with E-state index in [1.54, 1.807) is 6.20 Å². The highest BCUT2D eigenvalue weighted by Gasteiger charge is 2.38. The van der Waals surface area contributed by atoms with Crippen LogP contribution in [-0.4, -0.2) is 24.5 Å². The van der Waals surface area contributed by atoms with Gasteiger partial charge in [0, 0.05) is 33.8 Å². The number of rotatable bonds is 2. The van der Waals surface area contributed by atoms with Crippen molar-refractivity contribution in [3.8, 4) is 5.75 Å². The van der Waals surface area contributed by atoms with Gasteiger partial charge in [-0.3, -0.25) is 4.79 Å². The van der Waals surface area contributed by atoms with Gasteiger partial charge in [-0.15, -0.1) is 0 Å². The van der Waals surface area contributed by atoms with E-state index >= 15 is 0 Å². The fourth-order valence-corrected chi connectivity index (χ4v) is 3.79. The summed E-state index contributed by atoms with van der Waals surface area (Å²) < 4.78 is 45.8. The van der Waals surface area contributed by atoms with Crippen molar-refractivity contribution in [1.29, 1.82) is 0 Å². The van der Waals surface area contributed by atoms with Gasteiger partial charge < -0.3 is 14.6 Å². The summed E-state index contributed by atoms with van der Waals surface area (Å²) in [5.41, 5.74) is 1.26. The minimum Gasteiger partial charge on any atom is -0.496 e. The number of carbonyl (C=O) groups excluding carboxylic acids is 1. The first-order chi connectivity index (χ1) is 12.8. The highest BCUT2D eigenvalue weighted by molar-refractivity contribution is 9.10. The molecule has 0 aliphatic carbocycles. The number of hydrogen-bond acceptors (Lipinski definition) is 2. The molecule has 1 N–H and O–H groups in total. The highest BCUT2D eigenvalue weighted by atomic mass is 79.9. The molecular weight excluding hydrogens is 425 g/mol. The Bertz CT molecular complexity index is 1060. The van der Waals surface area contributed by atoms with E-state index in [1.165, 1.54) is 18.1 Å². The molecule has 2 heterocycles. The minimum atomic E-state index is -4.57. The average molecular weight is 439 g/mol. The Morgan fingerprint density at radius 2 is 2.04 bits per heavy atom. The smallest absolute Gasteiger partial charge is 0.420 e. The Kier molecular flexibility index (Phi) is 4.18. The lowest BCUT2D eigenvalue weighted by atomic mass is 10.1. The molecule has 0 spiro atoms. The van der Waals surface area contributed by atoms with E-state index in [2.05, 4.69) is 20.9 Å². The lowest BCUT2D eigenvalue weighted by Crippen LogP contribution is -2.29. The van der Waals surface area contributed by atoms with Crippen LogP contribution in [0.2, 0.25) is 0 Å². The molecule has 4 nitrogen and oxygen atoms in total. The predicted octanol–water partition coefficient (Wildman–Crippen LogP) is 5.16. The third-order valence-corrected chi connectivity index (χ3v) is 5.21. The number of benzene rings is 2. The molecule has 1 amide bonds. The van der Waals surface area contributed by atoms with Gasteiger partial charge in [0.15, 0.2) is 0 Å². The molecule has 0 unspecified atom stereocenters. The summed E-state index contributed by atoms with van der Waals surface area (Å²) in [6.07, 6.45) is -2.50. The van der Waals surface area contributed by atoms with E-state index in [-0.39, 0.29) is 17.3 Å². The van der Waals surface area contributed by atoms with Crippen LogP contribution < -0.4 is 9.64 Å². The molecule has 140 valence electrons. The zero-order chi connectivity index (χ0) is 19.3. The number of aromatic nitrogens is 1. The van der Waals surface area contributed by atoms with Crippen molar-refractivity contribution in [2.45, 2.75) is 12.6 Å². The number of amides is 1. The Balaban J connectivity index is 1.79. The lowest BCUT2D eigenvalue weighted by Gasteiger charge is -2.20. The average Bonchev–Trinajstić information content (AvgIpc) is 3.22. The van der Waals surface area contributed by atoms with E-state index in [1.807, 2.05) is 18.2 Å². The van der Waals surface area contributed by atoms with E-state index in [0.29, 0.717) is 29.5 Å². The number of carbonyl (C=O) groups is 1. The quantitative estimate of drug-likeness (QED) is 0.600. The van der Waals surface area contributed by atoms with Crippen LogP contribution in [0.1, 0.15) is 21.5 Å². The minimum absolute atomic E-state index is 0.230. The van der Waals surface area contributed by atoms with Crippen LogP contribution >= 0.6 is 15.9 Å². The predicted molar refractivity (Wildman–Crippen MR) is 99.4 cm³/mol. The third-order valence-electron chi connectivity index (χ3n) is 4.72. The van der Waals surface area contributed by atoms with Crippen LogP contribution in [0.4, 0.5) is 18.9 Å². The number of fused-ring (bicyclic) bond motifs is 2. The number of hydrogen-bond donors (Lipinski definition) is 1. The third kappa shape index (κ3) is 2.97. The molecule has 1 aromatic heterocycles. The van der Waals surface area contributed by atoms with E-state index in [4.69, 9.17) is 4.74 Å². The van der Waals surface area contributed by atoms with Gasteiger partial charge in [-0.25, -0.2) is 0 Å². The fourth-order valence-electron chi connectivity index (χ4n) is 3.43. The van der Waals surface area contributed by atoms with Crippen LogP contribution in [0, 0.1) is 0 Å². The van der Waals surface area contributed by atoms with Crippen molar-refractivity contribution in [3.05, 3.63) is 57.7 Å². The Labute approximate surface area is 161 Å². The van der Waals surface area contributed by atoms with E-state index in [9.17, 15) is 18.0 Å². The van der Waals surface area contributed by atoms with Gasteiger partial charge in [0.05, 0.1) is 18.2 Å². The Morgan fingerprint density at radius 3 is 2.74 bits per heavy atom. The van der Waals surface area contributed by atoms with Crippen molar-refractivity contribution in [3.63, 3.8) is 0 Å². The number of ether oxygens (including phenoxy) is 1. The molecule has 1 aliphatic heterocycles. The molecule has 4 rings (SSSR count). The number of aromatic amines is 1. The van der Waals surface area contributed by atoms with Crippen molar-refractivity contribution in [2.24, 2.45) is 0 Å². The SMILES string of the molecule is COc1cc2c(cc1C(F)(F)F)N(C(=O)c1c[nH]c3ccc(Br)cc13)CC2. The Hall–Kier alpha value is -2.48. The number of methoxy groups -OCH3 is 1. The molecule has 0 saturated heterocycles. The maximum atomic E-state index is 13.4. The van der Waals surface area contributed by atoms with Gasteiger partial charge >= 0.3 is 6.18 Å². The van der Waals surface area contributed by atoms with Crippen molar-refractivity contribution >= 4 is 38.4 Å². The van der Waals surface area contributed by atoms with Gasteiger partial charge in [-0.2, -0.15) is 13.2 Å².